The van der Waals surface area contributed by atoms with Gasteiger partial charge < -0.3 is 14.8 Å². The van der Waals surface area contributed by atoms with Gasteiger partial charge in [0.2, 0.25) is 6.79 Å². The molecule has 112 valence electrons. The van der Waals surface area contributed by atoms with Crippen LogP contribution in [0.25, 0.3) is 0 Å². The van der Waals surface area contributed by atoms with Crippen molar-refractivity contribution >= 4 is 27.7 Å². The highest BCUT2D eigenvalue weighted by molar-refractivity contribution is 9.10. The summed E-state index contributed by atoms with van der Waals surface area (Å²) in [6, 6.07) is 4.04. The maximum Gasteiger partial charge on any atom is 0.231 e. The predicted octanol–water partition coefficient (Wildman–Crippen LogP) is 4.19. The van der Waals surface area contributed by atoms with Gasteiger partial charge in [-0.2, -0.15) is 11.8 Å². The molecule has 1 aromatic carbocycles. The molecule has 0 saturated heterocycles. The Kier molecular flexibility index (Phi) is 5.64. The third kappa shape index (κ3) is 3.43. The fraction of sp³-hybridized carbons (Fsp3) is 0.600. The first-order chi connectivity index (χ1) is 9.64. The quantitative estimate of drug-likeness (QED) is 0.790. The molecule has 0 bridgehead atoms. The molecule has 1 N–H and O–H groups in total. The van der Waals surface area contributed by atoms with Gasteiger partial charge in [0.1, 0.15) is 0 Å². The van der Waals surface area contributed by atoms with Gasteiger partial charge in [-0.15, -0.1) is 0 Å². The lowest BCUT2D eigenvalue weighted by Crippen LogP contribution is -2.36. The first-order valence-corrected chi connectivity index (χ1v) is 8.99. The third-order valence-electron chi connectivity index (χ3n) is 4.03. The molecule has 3 nitrogen and oxygen atoms in total. The number of thioether (sulfide) groups is 1. The van der Waals surface area contributed by atoms with Gasteiger partial charge in [-0.25, -0.2) is 0 Å². The van der Waals surface area contributed by atoms with Crippen molar-refractivity contribution in [3.63, 3.8) is 0 Å². The van der Waals surface area contributed by atoms with E-state index in [9.17, 15) is 0 Å². The molecule has 0 aromatic heterocycles. The Morgan fingerprint density at radius 1 is 1.25 bits per heavy atom. The third-order valence-corrected chi connectivity index (χ3v) is 6.35. The van der Waals surface area contributed by atoms with Crippen molar-refractivity contribution in [2.45, 2.75) is 38.0 Å². The minimum Gasteiger partial charge on any atom is -0.454 e. The first-order valence-electron chi connectivity index (χ1n) is 6.98. The van der Waals surface area contributed by atoms with Crippen molar-refractivity contribution in [3.05, 3.63) is 22.2 Å². The first kappa shape index (κ1) is 16.0. The number of ether oxygens (including phenoxy) is 2. The SMILES string of the molecule is CCC(CC)(CNCc1cc2c(cc1Br)OCO2)SC. The summed E-state index contributed by atoms with van der Waals surface area (Å²) >= 11 is 5.56. The molecular weight excluding hydrogens is 338 g/mol. The molecule has 1 aliphatic heterocycles. The molecule has 0 aliphatic carbocycles. The molecule has 0 radical (unpaired) electrons. The van der Waals surface area contributed by atoms with E-state index in [0.717, 1.165) is 29.1 Å². The van der Waals surface area contributed by atoms with Crippen LogP contribution in [-0.2, 0) is 6.54 Å². The Morgan fingerprint density at radius 3 is 2.50 bits per heavy atom. The summed E-state index contributed by atoms with van der Waals surface area (Å²) in [4.78, 5) is 0. The fourth-order valence-corrected chi connectivity index (χ4v) is 3.67. The lowest BCUT2D eigenvalue weighted by atomic mass is 10.0. The maximum absolute atomic E-state index is 5.43. The smallest absolute Gasteiger partial charge is 0.231 e. The van der Waals surface area contributed by atoms with Gasteiger partial charge in [0.25, 0.3) is 0 Å². The number of nitrogens with one attached hydrogen (secondary N) is 1. The molecule has 0 unspecified atom stereocenters. The summed E-state index contributed by atoms with van der Waals surface area (Å²) in [6.07, 6.45) is 4.56. The van der Waals surface area contributed by atoms with Crippen LogP contribution in [0.3, 0.4) is 0 Å². The van der Waals surface area contributed by atoms with E-state index < -0.39 is 0 Å². The summed E-state index contributed by atoms with van der Waals surface area (Å²) < 4.78 is 12.2. The monoisotopic (exact) mass is 359 g/mol. The van der Waals surface area contributed by atoms with E-state index in [2.05, 4.69) is 47.4 Å². The predicted molar refractivity (Wildman–Crippen MR) is 88.8 cm³/mol. The average Bonchev–Trinajstić information content (AvgIpc) is 2.91. The summed E-state index contributed by atoms with van der Waals surface area (Å²) in [5.74, 6) is 1.66. The summed E-state index contributed by atoms with van der Waals surface area (Å²) in [7, 11) is 0. The van der Waals surface area contributed by atoms with Crippen LogP contribution >= 0.6 is 27.7 Å². The number of hydrogen-bond acceptors (Lipinski definition) is 4. The molecule has 5 heteroatoms. The molecule has 0 amide bonds. The molecule has 0 fully saturated rings. The van der Waals surface area contributed by atoms with Crippen LogP contribution in [0.1, 0.15) is 32.3 Å². The van der Waals surface area contributed by atoms with Crippen LogP contribution in [-0.4, -0.2) is 24.3 Å². The number of rotatable bonds is 7. The Morgan fingerprint density at radius 2 is 1.90 bits per heavy atom. The second-order valence-corrected chi connectivity index (χ2v) is 7.12. The lowest BCUT2D eigenvalue weighted by Gasteiger charge is -2.30. The zero-order valence-corrected chi connectivity index (χ0v) is 14.7. The Hall–Kier alpha value is -0.390. The Balaban J connectivity index is 1.98. The Labute approximate surface area is 133 Å². The number of benzene rings is 1. The maximum atomic E-state index is 5.43. The molecule has 0 saturated carbocycles. The number of halogens is 1. The van der Waals surface area contributed by atoms with Crippen LogP contribution in [0.15, 0.2) is 16.6 Å². The van der Waals surface area contributed by atoms with Crippen LogP contribution < -0.4 is 14.8 Å². The van der Waals surface area contributed by atoms with E-state index in [4.69, 9.17) is 9.47 Å². The molecule has 0 spiro atoms. The van der Waals surface area contributed by atoms with E-state index in [1.165, 1.54) is 18.4 Å². The van der Waals surface area contributed by atoms with E-state index in [1.807, 2.05) is 17.8 Å². The standard InChI is InChI=1S/C15H22BrNO2S/c1-4-15(5-2,20-3)9-17-8-11-6-13-14(7-12(11)16)19-10-18-13/h6-7,17H,4-5,8-10H2,1-3H3. The highest BCUT2D eigenvalue weighted by atomic mass is 79.9. The van der Waals surface area contributed by atoms with Gasteiger partial charge in [-0.05, 0) is 36.8 Å². The zero-order valence-electron chi connectivity index (χ0n) is 12.3. The van der Waals surface area contributed by atoms with Crippen LogP contribution in [0.4, 0.5) is 0 Å². The molecule has 0 atom stereocenters. The number of hydrogen-bond donors (Lipinski definition) is 1. The van der Waals surface area contributed by atoms with Gasteiger partial charge in [-0.3, -0.25) is 0 Å². The second-order valence-electron chi connectivity index (χ2n) is 4.99. The van der Waals surface area contributed by atoms with Crippen molar-refractivity contribution in [1.82, 2.24) is 5.32 Å². The van der Waals surface area contributed by atoms with Gasteiger partial charge >= 0.3 is 0 Å². The zero-order chi connectivity index (χ0) is 14.6. The van der Waals surface area contributed by atoms with Gasteiger partial charge in [0.15, 0.2) is 11.5 Å². The highest BCUT2D eigenvalue weighted by Crippen LogP contribution is 2.37. The minimum atomic E-state index is 0.319. The van der Waals surface area contributed by atoms with Gasteiger partial charge in [-0.1, -0.05) is 29.8 Å². The normalized spacial score (nSPS) is 13.8. The van der Waals surface area contributed by atoms with Crippen LogP contribution in [0.2, 0.25) is 0 Å². The average molecular weight is 360 g/mol. The van der Waals surface area contributed by atoms with Crippen molar-refractivity contribution in [2.75, 3.05) is 19.6 Å². The topological polar surface area (TPSA) is 30.5 Å². The summed E-state index contributed by atoms with van der Waals surface area (Å²) in [5.41, 5.74) is 1.21. The largest absolute Gasteiger partial charge is 0.454 e. The molecule has 2 rings (SSSR count). The van der Waals surface area contributed by atoms with Crippen molar-refractivity contribution in [3.8, 4) is 11.5 Å². The van der Waals surface area contributed by atoms with Gasteiger partial charge in [0, 0.05) is 22.3 Å². The van der Waals surface area contributed by atoms with E-state index in [-0.39, 0.29) is 0 Å². The van der Waals surface area contributed by atoms with E-state index in [0.29, 0.717) is 11.5 Å². The number of fused-ring (bicyclic) bond motifs is 1. The van der Waals surface area contributed by atoms with Crippen molar-refractivity contribution in [2.24, 2.45) is 0 Å². The van der Waals surface area contributed by atoms with Crippen LogP contribution in [0, 0.1) is 0 Å². The highest BCUT2D eigenvalue weighted by Gasteiger charge is 2.24. The van der Waals surface area contributed by atoms with Crippen molar-refractivity contribution in [1.29, 1.82) is 0 Å². The molecule has 1 heterocycles. The van der Waals surface area contributed by atoms with E-state index in [1.54, 1.807) is 0 Å². The fourth-order valence-electron chi connectivity index (χ4n) is 2.38. The summed E-state index contributed by atoms with van der Waals surface area (Å²) in [5, 5.41) is 3.58. The lowest BCUT2D eigenvalue weighted by molar-refractivity contribution is 0.174. The van der Waals surface area contributed by atoms with Crippen LogP contribution in [0.5, 0.6) is 11.5 Å². The molecular formula is C15H22BrNO2S. The molecule has 1 aliphatic rings. The second kappa shape index (κ2) is 7.05. The Bertz CT molecular complexity index is 455. The van der Waals surface area contributed by atoms with Crippen molar-refractivity contribution < 1.29 is 9.47 Å². The van der Waals surface area contributed by atoms with Gasteiger partial charge in [0.05, 0.1) is 0 Å². The summed E-state index contributed by atoms with van der Waals surface area (Å²) in [6.45, 7) is 6.69. The molecule has 20 heavy (non-hydrogen) atoms. The van der Waals surface area contributed by atoms with E-state index >= 15 is 0 Å². The molecule has 1 aromatic rings. The minimum absolute atomic E-state index is 0.319.